The van der Waals surface area contributed by atoms with Crippen molar-refractivity contribution < 1.29 is 4.79 Å². The van der Waals surface area contributed by atoms with E-state index < -0.39 is 0 Å². The zero-order chi connectivity index (χ0) is 15.4. The zero-order valence-corrected chi connectivity index (χ0v) is 13.1. The third kappa shape index (κ3) is 3.95. The van der Waals surface area contributed by atoms with Gasteiger partial charge in [0.2, 0.25) is 0 Å². The highest BCUT2D eigenvalue weighted by Gasteiger charge is 2.10. The van der Waals surface area contributed by atoms with Crippen molar-refractivity contribution in [3.05, 3.63) is 58.7 Å². The SMILES string of the molecule is CC(Nc1ccc(C(=O)N(C)C)cn1)c1cccc(Cl)c1. The summed E-state index contributed by atoms with van der Waals surface area (Å²) in [5.41, 5.74) is 1.65. The van der Waals surface area contributed by atoms with E-state index in [1.165, 1.54) is 4.90 Å². The van der Waals surface area contributed by atoms with Gasteiger partial charge in [-0.1, -0.05) is 23.7 Å². The molecule has 0 aliphatic heterocycles. The fraction of sp³-hybridized carbons (Fsp3) is 0.250. The number of amides is 1. The average molecular weight is 304 g/mol. The number of anilines is 1. The highest BCUT2D eigenvalue weighted by atomic mass is 35.5. The van der Waals surface area contributed by atoms with Crippen LogP contribution < -0.4 is 5.32 Å². The summed E-state index contributed by atoms with van der Waals surface area (Å²) in [6.07, 6.45) is 1.58. The van der Waals surface area contributed by atoms with Crippen LogP contribution in [0.5, 0.6) is 0 Å². The normalized spacial score (nSPS) is 11.8. The number of halogens is 1. The molecule has 5 heteroatoms. The van der Waals surface area contributed by atoms with Gasteiger partial charge in [-0.25, -0.2) is 4.98 Å². The molecule has 0 spiro atoms. The number of nitrogens with one attached hydrogen (secondary N) is 1. The summed E-state index contributed by atoms with van der Waals surface area (Å²) in [7, 11) is 3.44. The number of hydrogen-bond acceptors (Lipinski definition) is 3. The Morgan fingerprint density at radius 1 is 1.29 bits per heavy atom. The second-order valence-electron chi connectivity index (χ2n) is 5.05. The lowest BCUT2D eigenvalue weighted by Crippen LogP contribution is -2.21. The monoisotopic (exact) mass is 303 g/mol. The van der Waals surface area contributed by atoms with Crippen molar-refractivity contribution in [3.63, 3.8) is 0 Å². The van der Waals surface area contributed by atoms with Crippen molar-refractivity contribution in [1.82, 2.24) is 9.88 Å². The molecular formula is C16H18ClN3O. The van der Waals surface area contributed by atoms with Gasteiger partial charge in [0.25, 0.3) is 5.91 Å². The van der Waals surface area contributed by atoms with Gasteiger partial charge in [-0.3, -0.25) is 4.79 Å². The molecule has 1 N–H and O–H groups in total. The van der Waals surface area contributed by atoms with Crippen LogP contribution in [0.3, 0.4) is 0 Å². The molecule has 0 saturated carbocycles. The number of carbonyl (C=O) groups is 1. The first-order valence-corrected chi connectivity index (χ1v) is 7.05. The predicted octanol–water partition coefficient (Wildman–Crippen LogP) is 3.61. The van der Waals surface area contributed by atoms with Crippen LogP contribution in [0.1, 0.15) is 28.9 Å². The maximum atomic E-state index is 11.8. The Balaban J connectivity index is 2.08. The predicted molar refractivity (Wildman–Crippen MR) is 85.7 cm³/mol. The Labute approximate surface area is 129 Å². The number of hydrogen-bond donors (Lipinski definition) is 1. The highest BCUT2D eigenvalue weighted by Crippen LogP contribution is 2.21. The van der Waals surface area contributed by atoms with Gasteiger partial charge in [0, 0.05) is 31.4 Å². The van der Waals surface area contributed by atoms with E-state index in [4.69, 9.17) is 11.6 Å². The Morgan fingerprint density at radius 3 is 2.62 bits per heavy atom. The van der Waals surface area contributed by atoms with E-state index in [2.05, 4.69) is 10.3 Å². The molecule has 0 aliphatic carbocycles. The van der Waals surface area contributed by atoms with Gasteiger partial charge in [0.15, 0.2) is 0 Å². The zero-order valence-electron chi connectivity index (χ0n) is 12.3. The van der Waals surface area contributed by atoms with E-state index in [0.29, 0.717) is 10.6 Å². The second-order valence-corrected chi connectivity index (χ2v) is 5.49. The lowest BCUT2D eigenvalue weighted by molar-refractivity contribution is 0.0827. The standard InChI is InChI=1S/C16H18ClN3O/c1-11(12-5-4-6-14(17)9-12)19-15-8-7-13(10-18-15)16(21)20(2)3/h4-11H,1-3H3,(H,18,19). The first kappa shape index (κ1) is 15.3. The number of rotatable bonds is 4. The molecule has 0 fully saturated rings. The van der Waals surface area contributed by atoms with Crippen molar-refractivity contribution in [3.8, 4) is 0 Å². The molecule has 0 aliphatic rings. The van der Waals surface area contributed by atoms with E-state index >= 15 is 0 Å². The summed E-state index contributed by atoms with van der Waals surface area (Å²) < 4.78 is 0. The maximum absolute atomic E-state index is 11.8. The largest absolute Gasteiger partial charge is 0.364 e. The fourth-order valence-electron chi connectivity index (χ4n) is 1.95. The molecule has 0 saturated heterocycles. The fourth-order valence-corrected chi connectivity index (χ4v) is 2.14. The lowest BCUT2D eigenvalue weighted by Gasteiger charge is -2.16. The van der Waals surface area contributed by atoms with Crippen LogP contribution in [0.25, 0.3) is 0 Å². The van der Waals surface area contributed by atoms with E-state index in [9.17, 15) is 4.79 Å². The summed E-state index contributed by atoms with van der Waals surface area (Å²) in [6, 6.07) is 11.3. The number of aromatic nitrogens is 1. The summed E-state index contributed by atoms with van der Waals surface area (Å²) in [5, 5.41) is 4.00. The van der Waals surface area contributed by atoms with E-state index in [1.54, 1.807) is 32.4 Å². The molecule has 0 bridgehead atoms. The minimum Gasteiger partial charge on any atom is -0.364 e. The molecule has 21 heavy (non-hydrogen) atoms. The molecule has 110 valence electrons. The van der Waals surface area contributed by atoms with Gasteiger partial charge in [-0.05, 0) is 36.8 Å². The molecule has 1 unspecified atom stereocenters. The number of nitrogens with zero attached hydrogens (tertiary/aromatic N) is 2. The van der Waals surface area contributed by atoms with E-state index in [0.717, 1.165) is 11.4 Å². The Morgan fingerprint density at radius 2 is 2.05 bits per heavy atom. The third-order valence-corrected chi connectivity index (χ3v) is 3.36. The summed E-state index contributed by atoms with van der Waals surface area (Å²) in [5.74, 6) is 0.662. The maximum Gasteiger partial charge on any atom is 0.254 e. The van der Waals surface area contributed by atoms with Crippen LogP contribution in [-0.2, 0) is 0 Å². The Kier molecular flexibility index (Phi) is 4.81. The second kappa shape index (κ2) is 6.59. The number of pyridine rings is 1. The topological polar surface area (TPSA) is 45.2 Å². The van der Waals surface area contributed by atoms with Crippen LogP contribution in [0, 0.1) is 0 Å². The minimum absolute atomic E-state index is 0.0584. The summed E-state index contributed by atoms with van der Waals surface area (Å²) in [4.78, 5) is 17.6. The number of benzene rings is 1. The van der Waals surface area contributed by atoms with E-state index in [1.807, 2.05) is 31.2 Å². The average Bonchev–Trinajstić information content (AvgIpc) is 2.47. The quantitative estimate of drug-likeness (QED) is 0.938. The van der Waals surface area contributed by atoms with Crippen LogP contribution in [0.4, 0.5) is 5.82 Å². The van der Waals surface area contributed by atoms with Crippen LogP contribution in [0.15, 0.2) is 42.6 Å². The smallest absolute Gasteiger partial charge is 0.254 e. The molecule has 1 heterocycles. The van der Waals surface area contributed by atoms with Crippen molar-refractivity contribution in [2.75, 3.05) is 19.4 Å². The molecule has 4 nitrogen and oxygen atoms in total. The Bertz CT molecular complexity index is 626. The van der Waals surface area contributed by atoms with Crippen LogP contribution in [0.2, 0.25) is 5.02 Å². The molecule has 1 aromatic heterocycles. The third-order valence-electron chi connectivity index (χ3n) is 3.13. The van der Waals surface area contributed by atoms with Crippen molar-refractivity contribution in [1.29, 1.82) is 0 Å². The molecular weight excluding hydrogens is 286 g/mol. The van der Waals surface area contributed by atoms with Gasteiger partial charge >= 0.3 is 0 Å². The number of carbonyl (C=O) groups excluding carboxylic acids is 1. The van der Waals surface area contributed by atoms with Crippen molar-refractivity contribution in [2.45, 2.75) is 13.0 Å². The summed E-state index contributed by atoms with van der Waals surface area (Å²) >= 11 is 5.99. The van der Waals surface area contributed by atoms with Gasteiger partial charge in [0.1, 0.15) is 5.82 Å². The minimum atomic E-state index is -0.0584. The summed E-state index contributed by atoms with van der Waals surface area (Å²) in [6.45, 7) is 2.03. The van der Waals surface area contributed by atoms with Gasteiger partial charge < -0.3 is 10.2 Å². The molecule has 0 radical (unpaired) electrons. The van der Waals surface area contributed by atoms with E-state index in [-0.39, 0.29) is 11.9 Å². The first-order valence-electron chi connectivity index (χ1n) is 6.67. The van der Waals surface area contributed by atoms with Gasteiger partial charge in [-0.15, -0.1) is 0 Å². The van der Waals surface area contributed by atoms with Gasteiger partial charge in [0.05, 0.1) is 5.56 Å². The Hall–Kier alpha value is -2.07. The van der Waals surface area contributed by atoms with Crippen LogP contribution >= 0.6 is 11.6 Å². The molecule has 1 atom stereocenters. The first-order chi connectivity index (χ1) is 9.97. The van der Waals surface area contributed by atoms with Crippen molar-refractivity contribution >= 4 is 23.3 Å². The van der Waals surface area contributed by atoms with Crippen molar-refractivity contribution in [2.24, 2.45) is 0 Å². The van der Waals surface area contributed by atoms with Gasteiger partial charge in [-0.2, -0.15) is 0 Å². The van der Waals surface area contributed by atoms with Crippen LogP contribution in [-0.4, -0.2) is 29.9 Å². The molecule has 1 aromatic carbocycles. The molecule has 2 aromatic rings. The highest BCUT2D eigenvalue weighted by molar-refractivity contribution is 6.30. The lowest BCUT2D eigenvalue weighted by atomic mass is 10.1. The molecule has 2 rings (SSSR count). The molecule has 1 amide bonds.